The fourth-order valence-electron chi connectivity index (χ4n) is 3.06. The molecule has 0 saturated carbocycles. The van der Waals surface area contributed by atoms with Gasteiger partial charge in [-0.25, -0.2) is 4.79 Å². The molecule has 0 spiro atoms. The molecule has 1 aromatic carbocycles. The van der Waals surface area contributed by atoms with Crippen LogP contribution in [-0.2, 0) is 7.05 Å². The number of hydrogen-bond donors (Lipinski definition) is 1. The molecule has 2 amide bonds. The molecule has 26 heavy (non-hydrogen) atoms. The molecule has 138 valence electrons. The third kappa shape index (κ3) is 4.95. The highest BCUT2D eigenvalue weighted by Gasteiger charge is 2.22. The molecule has 6 heteroatoms. The van der Waals surface area contributed by atoms with Gasteiger partial charge in [-0.15, -0.1) is 0 Å². The smallest absolute Gasteiger partial charge is 0.317 e. The highest BCUT2D eigenvalue weighted by Crippen LogP contribution is 2.12. The molecule has 0 bridgehead atoms. The van der Waals surface area contributed by atoms with Gasteiger partial charge in [-0.2, -0.15) is 5.10 Å². The number of benzene rings is 1. The molecule has 0 radical (unpaired) electrons. The monoisotopic (exact) mass is 353 g/mol. The number of nitrogens with one attached hydrogen (secondary N) is 1. The average molecular weight is 353 g/mol. The summed E-state index contributed by atoms with van der Waals surface area (Å²) in [6.45, 7) is 6.20. The van der Waals surface area contributed by atoms with Crippen molar-refractivity contribution in [1.82, 2.24) is 24.9 Å². The normalized spacial score (nSPS) is 16.8. The SMILES string of the molecule is CC(NC(=O)N1CCN(C/C=C/c2ccccc2)CC1)c1cnn(C)c1. The second kappa shape index (κ2) is 8.67. The van der Waals surface area contributed by atoms with Crippen LogP contribution in [-0.4, -0.2) is 58.3 Å². The number of carbonyl (C=O) groups is 1. The molecule has 1 saturated heterocycles. The van der Waals surface area contributed by atoms with Crippen molar-refractivity contribution in [3.8, 4) is 0 Å². The summed E-state index contributed by atoms with van der Waals surface area (Å²) in [5, 5.41) is 7.22. The van der Waals surface area contributed by atoms with Gasteiger partial charge in [0.25, 0.3) is 0 Å². The first-order valence-electron chi connectivity index (χ1n) is 9.10. The Morgan fingerprint density at radius 3 is 2.62 bits per heavy atom. The molecule has 1 fully saturated rings. The van der Waals surface area contributed by atoms with Crippen LogP contribution in [0.25, 0.3) is 6.08 Å². The van der Waals surface area contributed by atoms with Crippen molar-refractivity contribution in [2.75, 3.05) is 32.7 Å². The number of aryl methyl sites for hydroxylation is 1. The maximum atomic E-state index is 12.4. The summed E-state index contributed by atoms with van der Waals surface area (Å²) in [5.41, 5.74) is 2.24. The van der Waals surface area contributed by atoms with Crippen molar-refractivity contribution in [2.45, 2.75) is 13.0 Å². The number of carbonyl (C=O) groups excluding carboxylic acids is 1. The van der Waals surface area contributed by atoms with Crippen molar-refractivity contribution < 1.29 is 4.79 Å². The predicted molar refractivity (Wildman–Crippen MR) is 104 cm³/mol. The van der Waals surface area contributed by atoms with E-state index < -0.39 is 0 Å². The molecule has 1 aliphatic heterocycles. The zero-order valence-electron chi connectivity index (χ0n) is 15.5. The van der Waals surface area contributed by atoms with E-state index in [1.54, 1.807) is 10.9 Å². The second-order valence-corrected chi connectivity index (χ2v) is 6.72. The van der Waals surface area contributed by atoms with Crippen molar-refractivity contribution in [2.24, 2.45) is 7.05 Å². The van der Waals surface area contributed by atoms with Gasteiger partial charge < -0.3 is 10.2 Å². The maximum Gasteiger partial charge on any atom is 0.317 e. The summed E-state index contributed by atoms with van der Waals surface area (Å²) < 4.78 is 1.75. The van der Waals surface area contributed by atoms with Gasteiger partial charge in [0, 0.05) is 51.5 Å². The van der Waals surface area contributed by atoms with Gasteiger partial charge in [-0.05, 0) is 12.5 Å². The Kier molecular flexibility index (Phi) is 6.07. The van der Waals surface area contributed by atoms with Crippen LogP contribution in [0.2, 0.25) is 0 Å². The number of hydrogen-bond acceptors (Lipinski definition) is 3. The molecule has 1 aromatic heterocycles. The van der Waals surface area contributed by atoms with Crippen LogP contribution in [0.4, 0.5) is 4.79 Å². The largest absolute Gasteiger partial charge is 0.331 e. The predicted octanol–water partition coefficient (Wildman–Crippen LogP) is 2.52. The van der Waals surface area contributed by atoms with E-state index in [-0.39, 0.29) is 12.1 Å². The number of piperazine rings is 1. The van der Waals surface area contributed by atoms with E-state index in [4.69, 9.17) is 0 Å². The van der Waals surface area contributed by atoms with E-state index in [1.807, 2.05) is 43.3 Å². The summed E-state index contributed by atoms with van der Waals surface area (Å²) in [7, 11) is 1.88. The van der Waals surface area contributed by atoms with E-state index in [2.05, 4.69) is 39.6 Å². The fourth-order valence-corrected chi connectivity index (χ4v) is 3.06. The van der Waals surface area contributed by atoms with Gasteiger partial charge in [0.1, 0.15) is 0 Å². The van der Waals surface area contributed by atoms with Gasteiger partial charge in [0.2, 0.25) is 0 Å². The van der Waals surface area contributed by atoms with Crippen molar-refractivity contribution in [3.05, 3.63) is 59.9 Å². The number of aromatic nitrogens is 2. The molecule has 6 nitrogen and oxygen atoms in total. The molecule has 1 N–H and O–H groups in total. The maximum absolute atomic E-state index is 12.4. The Bertz CT molecular complexity index is 732. The first-order valence-corrected chi connectivity index (χ1v) is 9.10. The molecular formula is C20H27N5O. The van der Waals surface area contributed by atoms with Gasteiger partial charge in [0.05, 0.1) is 12.2 Å². The summed E-state index contributed by atoms with van der Waals surface area (Å²) in [5.74, 6) is 0. The lowest BCUT2D eigenvalue weighted by atomic mass is 10.2. The molecule has 1 aliphatic rings. The molecule has 2 aromatic rings. The molecular weight excluding hydrogens is 326 g/mol. The van der Waals surface area contributed by atoms with Crippen molar-refractivity contribution >= 4 is 12.1 Å². The Labute approximate surface area is 155 Å². The molecule has 3 rings (SSSR count). The summed E-state index contributed by atoms with van der Waals surface area (Å²) in [4.78, 5) is 16.7. The highest BCUT2D eigenvalue weighted by molar-refractivity contribution is 5.74. The highest BCUT2D eigenvalue weighted by atomic mass is 16.2. The molecule has 1 atom stereocenters. The Balaban J connectivity index is 1.41. The number of nitrogens with zero attached hydrogens (tertiary/aromatic N) is 4. The zero-order valence-corrected chi connectivity index (χ0v) is 15.5. The van der Waals surface area contributed by atoms with E-state index >= 15 is 0 Å². The van der Waals surface area contributed by atoms with Gasteiger partial charge in [-0.3, -0.25) is 9.58 Å². The van der Waals surface area contributed by atoms with Crippen LogP contribution in [0.1, 0.15) is 24.1 Å². The minimum atomic E-state index is -0.0389. The Morgan fingerprint density at radius 2 is 1.96 bits per heavy atom. The van der Waals surface area contributed by atoms with Gasteiger partial charge in [0.15, 0.2) is 0 Å². The van der Waals surface area contributed by atoms with E-state index in [0.29, 0.717) is 0 Å². The lowest BCUT2D eigenvalue weighted by Gasteiger charge is -2.34. The first-order chi connectivity index (χ1) is 12.6. The zero-order chi connectivity index (χ0) is 18.4. The summed E-state index contributed by atoms with van der Waals surface area (Å²) >= 11 is 0. The van der Waals surface area contributed by atoms with Crippen LogP contribution >= 0.6 is 0 Å². The van der Waals surface area contributed by atoms with Crippen LogP contribution in [0, 0.1) is 0 Å². The standard InChI is InChI=1S/C20H27N5O/c1-17(19-15-21-23(2)16-19)22-20(26)25-13-11-24(12-14-25)10-6-9-18-7-4-3-5-8-18/h3-9,15-17H,10-14H2,1-2H3,(H,22,26)/b9-6+. The van der Waals surface area contributed by atoms with Gasteiger partial charge >= 0.3 is 6.03 Å². The molecule has 0 aliphatic carbocycles. The molecule has 2 heterocycles. The summed E-state index contributed by atoms with van der Waals surface area (Å²) in [6.07, 6.45) is 8.06. The number of amides is 2. The van der Waals surface area contributed by atoms with E-state index in [9.17, 15) is 4.79 Å². The Morgan fingerprint density at radius 1 is 1.23 bits per heavy atom. The Hall–Kier alpha value is -2.60. The average Bonchev–Trinajstić information content (AvgIpc) is 3.10. The first kappa shape index (κ1) is 18.2. The lowest BCUT2D eigenvalue weighted by Crippen LogP contribution is -2.52. The van der Waals surface area contributed by atoms with Crippen molar-refractivity contribution in [1.29, 1.82) is 0 Å². The minimum Gasteiger partial charge on any atom is -0.331 e. The van der Waals surface area contributed by atoms with Crippen LogP contribution in [0.5, 0.6) is 0 Å². The lowest BCUT2D eigenvalue weighted by molar-refractivity contribution is 0.145. The third-order valence-corrected chi connectivity index (χ3v) is 4.70. The van der Waals surface area contributed by atoms with E-state index in [1.165, 1.54) is 5.56 Å². The van der Waals surface area contributed by atoms with E-state index in [0.717, 1.165) is 38.3 Å². The number of rotatable bonds is 5. The van der Waals surface area contributed by atoms with Crippen LogP contribution in [0.15, 0.2) is 48.8 Å². The third-order valence-electron chi connectivity index (χ3n) is 4.70. The number of urea groups is 1. The van der Waals surface area contributed by atoms with Crippen LogP contribution < -0.4 is 5.32 Å². The molecule has 1 unspecified atom stereocenters. The van der Waals surface area contributed by atoms with Crippen molar-refractivity contribution in [3.63, 3.8) is 0 Å². The van der Waals surface area contributed by atoms with Crippen LogP contribution in [0.3, 0.4) is 0 Å². The summed E-state index contributed by atoms with van der Waals surface area (Å²) in [6, 6.07) is 10.3. The van der Waals surface area contributed by atoms with Gasteiger partial charge in [-0.1, -0.05) is 42.5 Å². The second-order valence-electron chi connectivity index (χ2n) is 6.72. The minimum absolute atomic E-state index is 0.000769. The quantitative estimate of drug-likeness (QED) is 0.899. The topological polar surface area (TPSA) is 53.4 Å². The fraction of sp³-hybridized carbons (Fsp3) is 0.400.